The summed E-state index contributed by atoms with van der Waals surface area (Å²) in [4.78, 5) is 0.457. The van der Waals surface area contributed by atoms with Crippen LogP contribution in [-0.2, 0) is 0 Å². The van der Waals surface area contributed by atoms with E-state index in [1.54, 1.807) is 11.3 Å². The molecular weight excluding hydrogens is 264 g/mol. The molecule has 0 aliphatic carbocycles. The number of halogens is 2. The van der Waals surface area contributed by atoms with Crippen LogP contribution in [0.5, 0.6) is 0 Å². The molecule has 0 unspecified atom stereocenters. The fourth-order valence-electron chi connectivity index (χ4n) is 0.575. The summed E-state index contributed by atoms with van der Waals surface area (Å²) < 4.78 is 1.21. The second-order valence-corrected chi connectivity index (χ2v) is 4.76. The molecule has 1 heterocycles. The minimum Gasteiger partial charge on any atom is -0.151 e. The molecule has 0 N–H and O–H groups in total. The minimum absolute atomic E-state index is 0.457. The smallest absolute Gasteiger partial charge is 0.0386 e. The van der Waals surface area contributed by atoms with Crippen molar-refractivity contribution in [2.75, 3.05) is 0 Å². The van der Waals surface area contributed by atoms with Crippen molar-refractivity contribution >= 4 is 43.2 Å². The van der Waals surface area contributed by atoms with Crippen LogP contribution in [0.3, 0.4) is 0 Å². The zero-order valence-electron chi connectivity index (χ0n) is 4.90. The zero-order valence-corrected chi connectivity index (χ0v) is 8.88. The van der Waals surface area contributed by atoms with Crippen LogP contribution in [0, 0.1) is 0 Å². The first-order valence-corrected chi connectivity index (χ1v) is 5.22. The molecular formula is C6H6Br2S. The summed E-state index contributed by atoms with van der Waals surface area (Å²) >= 11 is 8.65. The summed E-state index contributed by atoms with van der Waals surface area (Å²) in [5, 5.41) is 4.23. The van der Waals surface area contributed by atoms with Crippen LogP contribution < -0.4 is 0 Å². The maximum atomic E-state index is 3.49. The van der Waals surface area contributed by atoms with E-state index in [-0.39, 0.29) is 0 Å². The van der Waals surface area contributed by atoms with Gasteiger partial charge in [0.15, 0.2) is 0 Å². The molecule has 0 saturated carbocycles. The number of thiophene rings is 1. The Morgan fingerprint density at radius 1 is 1.56 bits per heavy atom. The third kappa shape index (κ3) is 1.79. The molecule has 0 aromatic carbocycles. The van der Waals surface area contributed by atoms with Crippen LogP contribution in [0.15, 0.2) is 15.2 Å². The quantitative estimate of drug-likeness (QED) is 0.677. The summed E-state index contributed by atoms with van der Waals surface area (Å²) in [6.45, 7) is 2.12. The summed E-state index contributed by atoms with van der Waals surface area (Å²) in [6, 6.07) is 0. The number of alkyl halides is 1. The largest absolute Gasteiger partial charge is 0.151 e. The van der Waals surface area contributed by atoms with E-state index in [1.807, 2.05) is 0 Å². The van der Waals surface area contributed by atoms with Gasteiger partial charge in [0.05, 0.1) is 0 Å². The van der Waals surface area contributed by atoms with Crippen molar-refractivity contribution in [1.29, 1.82) is 0 Å². The van der Waals surface area contributed by atoms with Crippen LogP contribution >= 0.6 is 43.2 Å². The van der Waals surface area contributed by atoms with Gasteiger partial charge in [-0.3, -0.25) is 0 Å². The average Bonchev–Trinajstić information content (AvgIpc) is 2.13. The van der Waals surface area contributed by atoms with E-state index in [4.69, 9.17) is 0 Å². The van der Waals surface area contributed by atoms with E-state index < -0.39 is 0 Å². The number of hydrogen-bond acceptors (Lipinski definition) is 1. The van der Waals surface area contributed by atoms with Crippen LogP contribution in [0.25, 0.3) is 0 Å². The van der Waals surface area contributed by atoms with Gasteiger partial charge in [0.2, 0.25) is 0 Å². The summed E-state index contributed by atoms with van der Waals surface area (Å²) in [6.07, 6.45) is 0. The summed E-state index contributed by atoms with van der Waals surface area (Å²) in [7, 11) is 0. The Kier molecular flexibility index (Phi) is 2.73. The first-order chi connectivity index (χ1) is 4.22. The molecule has 3 heteroatoms. The molecule has 0 spiro atoms. The highest BCUT2D eigenvalue weighted by molar-refractivity contribution is 9.11. The van der Waals surface area contributed by atoms with Crippen LogP contribution in [0.2, 0.25) is 0 Å². The SMILES string of the molecule is C[C@H](Br)c1cscc1Br. The zero-order chi connectivity index (χ0) is 6.85. The molecule has 9 heavy (non-hydrogen) atoms. The molecule has 0 aliphatic heterocycles. The van der Waals surface area contributed by atoms with E-state index in [9.17, 15) is 0 Å². The monoisotopic (exact) mass is 268 g/mol. The molecule has 50 valence electrons. The molecule has 0 amide bonds. The molecule has 1 aromatic rings. The van der Waals surface area contributed by atoms with E-state index in [1.165, 1.54) is 10.0 Å². The van der Waals surface area contributed by atoms with Gasteiger partial charge in [-0.25, -0.2) is 0 Å². The lowest BCUT2D eigenvalue weighted by atomic mass is 10.3. The Morgan fingerprint density at radius 3 is 2.44 bits per heavy atom. The van der Waals surface area contributed by atoms with E-state index >= 15 is 0 Å². The third-order valence-corrected chi connectivity index (χ3v) is 3.32. The summed E-state index contributed by atoms with van der Waals surface area (Å²) in [5.74, 6) is 0. The number of hydrogen-bond donors (Lipinski definition) is 0. The predicted molar refractivity (Wildman–Crippen MR) is 49.4 cm³/mol. The molecule has 1 atom stereocenters. The molecule has 0 radical (unpaired) electrons. The lowest BCUT2D eigenvalue weighted by molar-refractivity contribution is 1.13. The van der Waals surface area contributed by atoms with Gasteiger partial charge < -0.3 is 0 Å². The topological polar surface area (TPSA) is 0 Å². The van der Waals surface area contributed by atoms with Gasteiger partial charge in [0.25, 0.3) is 0 Å². The first-order valence-electron chi connectivity index (χ1n) is 2.57. The molecule has 0 aliphatic rings. The van der Waals surface area contributed by atoms with Crippen molar-refractivity contribution in [3.63, 3.8) is 0 Å². The number of rotatable bonds is 1. The lowest BCUT2D eigenvalue weighted by Gasteiger charge is -1.97. The highest BCUT2D eigenvalue weighted by Gasteiger charge is 2.04. The molecule has 0 nitrogen and oxygen atoms in total. The fraction of sp³-hybridized carbons (Fsp3) is 0.333. The molecule has 0 bridgehead atoms. The summed E-state index contributed by atoms with van der Waals surface area (Å²) in [5.41, 5.74) is 1.33. The van der Waals surface area contributed by atoms with Gasteiger partial charge in [-0.1, -0.05) is 15.9 Å². The Labute approximate surface area is 75.5 Å². The van der Waals surface area contributed by atoms with Crippen LogP contribution in [0.1, 0.15) is 17.3 Å². The Hall–Kier alpha value is 0.660. The second-order valence-electron chi connectivity index (χ2n) is 1.79. The molecule has 1 rings (SSSR count). The molecule has 0 saturated heterocycles. The Morgan fingerprint density at radius 2 is 2.22 bits per heavy atom. The maximum absolute atomic E-state index is 3.49. The third-order valence-electron chi connectivity index (χ3n) is 1.07. The Balaban J connectivity index is 2.94. The molecule has 0 fully saturated rings. The van der Waals surface area contributed by atoms with Crippen LogP contribution in [-0.4, -0.2) is 0 Å². The van der Waals surface area contributed by atoms with Gasteiger partial charge in [-0.2, -0.15) is 11.3 Å². The fourth-order valence-corrected chi connectivity index (χ4v) is 3.17. The lowest BCUT2D eigenvalue weighted by Crippen LogP contribution is -1.77. The van der Waals surface area contributed by atoms with E-state index in [2.05, 4.69) is 49.5 Å². The van der Waals surface area contributed by atoms with Gasteiger partial charge in [0.1, 0.15) is 0 Å². The van der Waals surface area contributed by atoms with Gasteiger partial charge in [-0.05, 0) is 33.8 Å². The van der Waals surface area contributed by atoms with Crippen molar-refractivity contribution in [2.24, 2.45) is 0 Å². The molecule has 1 aromatic heterocycles. The van der Waals surface area contributed by atoms with Crippen molar-refractivity contribution < 1.29 is 0 Å². The standard InChI is InChI=1S/C6H6Br2S/c1-4(7)5-2-9-3-6(5)8/h2-4H,1H3/t4-/m0/s1. The normalized spacial score (nSPS) is 13.7. The van der Waals surface area contributed by atoms with Gasteiger partial charge >= 0.3 is 0 Å². The first kappa shape index (κ1) is 7.76. The highest BCUT2D eigenvalue weighted by atomic mass is 79.9. The van der Waals surface area contributed by atoms with E-state index in [0.29, 0.717) is 4.83 Å². The minimum atomic E-state index is 0.457. The Bertz CT molecular complexity index is 193. The van der Waals surface area contributed by atoms with Crippen molar-refractivity contribution in [3.05, 3.63) is 20.8 Å². The van der Waals surface area contributed by atoms with Crippen LogP contribution in [0.4, 0.5) is 0 Å². The van der Waals surface area contributed by atoms with Gasteiger partial charge in [-0.15, -0.1) is 0 Å². The van der Waals surface area contributed by atoms with Crippen molar-refractivity contribution in [2.45, 2.75) is 11.8 Å². The highest BCUT2D eigenvalue weighted by Crippen LogP contribution is 2.31. The van der Waals surface area contributed by atoms with Crippen molar-refractivity contribution in [3.8, 4) is 0 Å². The second kappa shape index (κ2) is 3.17. The predicted octanol–water partition coefficient (Wildman–Crippen LogP) is 3.97. The van der Waals surface area contributed by atoms with Crippen molar-refractivity contribution in [1.82, 2.24) is 0 Å². The van der Waals surface area contributed by atoms with E-state index in [0.717, 1.165) is 0 Å². The van der Waals surface area contributed by atoms with Gasteiger partial charge in [0, 0.05) is 14.7 Å². The average molecular weight is 270 g/mol. The maximum Gasteiger partial charge on any atom is 0.0386 e.